The lowest BCUT2D eigenvalue weighted by molar-refractivity contribution is -0.129. The minimum absolute atomic E-state index is 0.0376. The molecule has 14 heteroatoms. The number of pyridine rings is 2. The van der Waals surface area contributed by atoms with Crippen molar-refractivity contribution in [2.45, 2.75) is 76.9 Å². The Morgan fingerprint density at radius 1 is 0.500 bits per heavy atom. The minimum Gasteiger partial charge on any atom is -0.388 e. The van der Waals surface area contributed by atoms with Gasteiger partial charge in [0.25, 0.3) is 11.8 Å². The van der Waals surface area contributed by atoms with Crippen molar-refractivity contribution in [1.29, 1.82) is 0 Å². The molecule has 2 unspecified atom stereocenters. The molecule has 0 aliphatic rings. The van der Waals surface area contributed by atoms with Gasteiger partial charge in [0.2, 0.25) is 11.8 Å². The highest BCUT2D eigenvalue weighted by Gasteiger charge is 2.38. The second kappa shape index (κ2) is 20.1. The molecule has 6 rings (SSSR count). The fourth-order valence-electron chi connectivity index (χ4n) is 7.42. The summed E-state index contributed by atoms with van der Waals surface area (Å²) in [6.07, 6.45) is -3.24. The first-order chi connectivity index (χ1) is 29.7. The normalized spacial score (nSPS) is 14.4. The Kier molecular flexibility index (Phi) is 14.5. The average molecular weight is 841 g/mol. The summed E-state index contributed by atoms with van der Waals surface area (Å²) in [7, 11) is 0. The summed E-state index contributed by atoms with van der Waals surface area (Å²) < 4.78 is 0. The molecule has 0 saturated heterocycles. The first-order valence-corrected chi connectivity index (χ1v) is 20.6. The number of aromatic nitrogens is 2. The van der Waals surface area contributed by atoms with E-state index in [1.54, 1.807) is 125 Å². The van der Waals surface area contributed by atoms with Gasteiger partial charge in [-0.2, -0.15) is 0 Å². The number of para-hydroxylation sites is 2. The number of hydrogen-bond acceptors (Lipinski definition) is 8. The largest absolute Gasteiger partial charge is 0.388 e. The summed E-state index contributed by atoms with van der Waals surface area (Å²) in [4.78, 5) is 86.9. The summed E-state index contributed by atoms with van der Waals surface area (Å²) in [5.41, 5.74) is 1.55. The van der Waals surface area contributed by atoms with E-state index in [0.717, 1.165) is 11.1 Å². The zero-order chi connectivity index (χ0) is 44.5. The molecule has 4 aromatic carbocycles. The van der Waals surface area contributed by atoms with Crippen LogP contribution in [0, 0.1) is 11.8 Å². The van der Waals surface area contributed by atoms with Gasteiger partial charge in [0.15, 0.2) is 10.9 Å². The predicted octanol–water partition coefficient (Wildman–Crippen LogP) is 3.76. The molecule has 0 spiro atoms. The van der Waals surface area contributed by atoms with Crippen LogP contribution in [-0.4, -0.2) is 80.2 Å². The molecule has 0 bridgehead atoms. The number of carbonyl (C=O) groups excluding carboxylic acids is 4. The molecule has 0 fully saturated rings. The third kappa shape index (κ3) is 10.9. The van der Waals surface area contributed by atoms with E-state index in [9.17, 15) is 39.0 Å². The van der Waals surface area contributed by atoms with E-state index in [-0.39, 0.29) is 35.1 Å². The number of rotatable bonds is 17. The Morgan fingerprint density at radius 3 is 1.19 bits per heavy atom. The number of hydrogen-bond donors (Lipinski definition) is 8. The molecule has 8 N–H and O–H groups in total. The Bertz CT molecular complexity index is 2460. The van der Waals surface area contributed by atoms with Crippen molar-refractivity contribution in [3.05, 3.63) is 164 Å². The van der Waals surface area contributed by atoms with Crippen molar-refractivity contribution in [2.75, 3.05) is 0 Å². The van der Waals surface area contributed by atoms with Gasteiger partial charge in [0.1, 0.15) is 35.7 Å². The maximum Gasteiger partial charge on any atom is 0.268 e. The van der Waals surface area contributed by atoms with Gasteiger partial charge in [-0.3, -0.25) is 28.8 Å². The molecule has 0 aliphatic carbocycles. The van der Waals surface area contributed by atoms with Crippen molar-refractivity contribution in [1.82, 2.24) is 31.2 Å². The van der Waals surface area contributed by atoms with E-state index in [4.69, 9.17) is 0 Å². The molecular weight excluding hydrogens is 789 g/mol. The van der Waals surface area contributed by atoms with Crippen LogP contribution in [0.1, 0.15) is 59.8 Å². The van der Waals surface area contributed by atoms with Crippen LogP contribution in [0.4, 0.5) is 0 Å². The third-order valence-corrected chi connectivity index (χ3v) is 10.9. The molecule has 14 nitrogen and oxygen atoms in total. The highest BCUT2D eigenvalue weighted by Crippen LogP contribution is 2.18. The molecule has 2 aromatic heterocycles. The molecule has 62 heavy (non-hydrogen) atoms. The molecule has 0 saturated carbocycles. The van der Waals surface area contributed by atoms with Gasteiger partial charge < -0.3 is 41.4 Å². The third-order valence-electron chi connectivity index (χ3n) is 10.9. The molecule has 322 valence electrons. The highest BCUT2D eigenvalue weighted by atomic mass is 16.3. The van der Waals surface area contributed by atoms with E-state index in [1.165, 1.54) is 12.1 Å². The van der Waals surface area contributed by atoms with Crippen LogP contribution >= 0.6 is 0 Å². The molecule has 6 atom stereocenters. The smallest absolute Gasteiger partial charge is 0.268 e. The second-order valence-electron chi connectivity index (χ2n) is 16.2. The van der Waals surface area contributed by atoms with E-state index in [1.807, 2.05) is 12.1 Å². The molecule has 4 amide bonds. The van der Waals surface area contributed by atoms with Gasteiger partial charge in [0, 0.05) is 33.9 Å². The Morgan fingerprint density at radius 2 is 0.839 bits per heavy atom. The van der Waals surface area contributed by atoms with Crippen molar-refractivity contribution in [3.63, 3.8) is 0 Å². The number of benzene rings is 4. The number of carbonyl (C=O) groups is 4. The minimum atomic E-state index is -1.68. The predicted molar refractivity (Wildman–Crippen MR) is 237 cm³/mol. The first-order valence-electron chi connectivity index (χ1n) is 20.6. The van der Waals surface area contributed by atoms with Crippen molar-refractivity contribution < 1.29 is 29.4 Å². The van der Waals surface area contributed by atoms with Crippen molar-refractivity contribution in [3.8, 4) is 0 Å². The van der Waals surface area contributed by atoms with E-state index >= 15 is 0 Å². The summed E-state index contributed by atoms with van der Waals surface area (Å²) in [5, 5.41) is 36.1. The fraction of sp³-hybridized carbons (Fsp3) is 0.292. The number of aliphatic hydroxyl groups excluding tert-OH is 2. The number of nitrogens with one attached hydrogen (secondary N) is 6. The van der Waals surface area contributed by atoms with Gasteiger partial charge in [-0.25, -0.2) is 0 Å². The highest BCUT2D eigenvalue weighted by molar-refractivity contribution is 5.99. The lowest BCUT2D eigenvalue weighted by Gasteiger charge is -2.35. The van der Waals surface area contributed by atoms with Crippen LogP contribution in [0.15, 0.2) is 131 Å². The van der Waals surface area contributed by atoms with Crippen molar-refractivity contribution >= 4 is 45.4 Å². The van der Waals surface area contributed by atoms with Crippen LogP contribution in [0.2, 0.25) is 0 Å². The topological polar surface area (TPSA) is 223 Å². The van der Waals surface area contributed by atoms with Crippen LogP contribution in [-0.2, 0) is 22.4 Å². The number of H-pyrrole nitrogens is 2. The van der Waals surface area contributed by atoms with Gasteiger partial charge >= 0.3 is 0 Å². The van der Waals surface area contributed by atoms with Gasteiger partial charge in [0.05, 0.1) is 12.1 Å². The molecule has 2 heterocycles. The average Bonchev–Trinajstić information content (AvgIpc) is 3.26. The number of fused-ring (bicyclic) bond motifs is 2. The number of aliphatic hydroxyl groups is 2. The van der Waals surface area contributed by atoms with E-state index < -0.39 is 71.8 Å². The standard InChI is InChI=1S/C48H52N6O8/c1-27(2)41(53-45(59)37-25-39(55)31-19-11-13-21-33(31)49-37)47(61)51-35(23-29-15-7-5-8-16-29)43(57)44(58)36(24-30-17-9-6-10-18-30)52-48(62)42(28(3)4)54-46(60)38-26-40(56)32-20-12-14-22-34(32)50-38/h5-22,25-28,35-36,41-44,57-58H,23-24H2,1-4H3,(H,49,55)(H,50,56)(H,51,61)(H,52,62)(H,53,59)(H,54,60)/t35-,36-,41-,42-,43?,44?/m0/s1. The van der Waals surface area contributed by atoms with Crippen LogP contribution in [0.25, 0.3) is 21.8 Å². The Labute approximate surface area is 358 Å². The summed E-state index contributed by atoms with van der Waals surface area (Å²) >= 11 is 0. The van der Waals surface area contributed by atoms with E-state index in [0.29, 0.717) is 21.8 Å². The van der Waals surface area contributed by atoms with Crippen LogP contribution in [0.3, 0.4) is 0 Å². The monoisotopic (exact) mass is 840 g/mol. The molecule has 0 radical (unpaired) electrons. The summed E-state index contributed by atoms with van der Waals surface area (Å²) in [6, 6.07) is 29.3. The quantitative estimate of drug-likeness (QED) is 0.0674. The van der Waals surface area contributed by atoms with Gasteiger partial charge in [-0.05, 0) is 60.1 Å². The molecule has 0 aliphatic heterocycles. The number of amides is 4. The van der Waals surface area contributed by atoms with Gasteiger partial charge in [-0.1, -0.05) is 113 Å². The fourth-order valence-corrected chi connectivity index (χ4v) is 7.42. The Balaban J connectivity index is 1.25. The van der Waals surface area contributed by atoms with Gasteiger partial charge in [-0.15, -0.1) is 0 Å². The van der Waals surface area contributed by atoms with Crippen molar-refractivity contribution in [2.24, 2.45) is 11.8 Å². The SMILES string of the molecule is CC(C)[C@H](NC(=O)c1cc(=O)c2ccccc2[nH]1)C(=O)N[C@@H](Cc1ccccc1)C(O)C(O)[C@H](Cc1ccccc1)NC(=O)[C@@H](NC(=O)c1cc(=O)c2ccccc2[nH]1)C(C)C. The first kappa shape index (κ1) is 44.6. The second-order valence-corrected chi connectivity index (χ2v) is 16.2. The summed E-state index contributed by atoms with van der Waals surface area (Å²) in [6.45, 7) is 6.94. The Hall–Kier alpha value is -6.90. The van der Waals surface area contributed by atoms with Crippen LogP contribution < -0.4 is 32.1 Å². The lowest BCUT2D eigenvalue weighted by Crippen LogP contribution is -2.61. The number of aromatic amines is 2. The van der Waals surface area contributed by atoms with E-state index in [2.05, 4.69) is 31.2 Å². The lowest BCUT2D eigenvalue weighted by atomic mass is 9.90. The zero-order valence-corrected chi connectivity index (χ0v) is 34.9. The zero-order valence-electron chi connectivity index (χ0n) is 34.9. The maximum atomic E-state index is 14.2. The molecular formula is C48H52N6O8. The van der Waals surface area contributed by atoms with Crippen LogP contribution in [0.5, 0.6) is 0 Å². The molecule has 6 aromatic rings. The summed E-state index contributed by atoms with van der Waals surface area (Å²) in [5.74, 6) is -3.58. The maximum absolute atomic E-state index is 14.2.